The Morgan fingerprint density at radius 1 is 1.04 bits per heavy atom. The van der Waals surface area contributed by atoms with Crippen LogP contribution in [0.2, 0.25) is 0 Å². The highest BCUT2D eigenvalue weighted by atomic mass is 19.4. The van der Waals surface area contributed by atoms with Gasteiger partial charge in [0.1, 0.15) is 0 Å². The summed E-state index contributed by atoms with van der Waals surface area (Å²) < 4.78 is 49.7. The third kappa shape index (κ3) is 8.71. The minimum absolute atomic E-state index is 0.0105. The molecule has 50 heavy (non-hydrogen) atoms. The van der Waals surface area contributed by atoms with Gasteiger partial charge in [-0.25, -0.2) is 9.67 Å². The number of rotatable bonds is 10. The molecule has 4 heterocycles. The Morgan fingerprint density at radius 2 is 1.78 bits per heavy atom. The molecule has 0 radical (unpaired) electrons. The number of nitrogens with zero attached hydrogens (tertiary/aromatic N) is 7. The fraction of sp³-hybridized carbons (Fsp3) is 0.559. The number of amides is 2. The van der Waals surface area contributed by atoms with Crippen molar-refractivity contribution in [3.8, 4) is 5.69 Å². The summed E-state index contributed by atoms with van der Waals surface area (Å²) in [4.78, 5) is 37.1. The van der Waals surface area contributed by atoms with Crippen LogP contribution in [0, 0.1) is 0 Å². The molecule has 13 nitrogen and oxygen atoms in total. The second kappa shape index (κ2) is 15.3. The molecule has 0 bridgehead atoms. The SMILES string of the molecule is CCN1CCN(c2ccc(-n3cc(C(=O)NCCCN4CCOCC4)nn3)cc2NC(=O)c2cc(N)c(C(C)(C)C)nc2C(F)(F)F)C[C@@H]1C. The molecule has 2 aliphatic heterocycles. The second-order valence-electron chi connectivity index (χ2n) is 13.8. The van der Waals surface area contributed by atoms with Gasteiger partial charge in [0.25, 0.3) is 11.8 Å². The molecule has 16 heteroatoms. The maximum Gasteiger partial charge on any atom is 0.434 e. The Kier molecular flexibility index (Phi) is 11.3. The number of piperazine rings is 1. The molecule has 5 rings (SSSR count). The average molecular weight is 701 g/mol. The lowest BCUT2D eigenvalue weighted by atomic mass is 9.89. The summed E-state index contributed by atoms with van der Waals surface area (Å²) in [6.07, 6.45) is -2.67. The molecule has 0 saturated carbocycles. The highest BCUT2D eigenvalue weighted by Crippen LogP contribution is 2.37. The average Bonchev–Trinajstić information content (AvgIpc) is 3.56. The maximum absolute atomic E-state index is 14.3. The molecule has 2 saturated heterocycles. The number of aromatic nitrogens is 4. The van der Waals surface area contributed by atoms with E-state index in [0.717, 1.165) is 45.2 Å². The van der Waals surface area contributed by atoms with E-state index in [1.54, 1.807) is 39.0 Å². The van der Waals surface area contributed by atoms with E-state index in [2.05, 4.69) is 54.5 Å². The van der Waals surface area contributed by atoms with Crippen molar-refractivity contribution in [3.05, 3.63) is 53.1 Å². The van der Waals surface area contributed by atoms with Crippen molar-refractivity contribution in [2.24, 2.45) is 0 Å². The van der Waals surface area contributed by atoms with Crippen molar-refractivity contribution in [3.63, 3.8) is 0 Å². The maximum atomic E-state index is 14.3. The van der Waals surface area contributed by atoms with E-state index in [1.807, 2.05) is 0 Å². The molecule has 2 amide bonds. The molecule has 0 spiro atoms. The first-order valence-electron chi connectivity index (χ1n) is 17.0. The summed E-state index contributed by atoms with van der Waals surface area (Å²) >= 11 is 0. The normalized spacial score (nSPS) is 17.9. The van der Waals surface area contributed by atoms with Gasteiger partial charge in [-0.1, -0.05) is 32.9 Å². The van der Waals surface area contributed by atoms with E-state index in [-0.39, 0.29) is 34.7 Å². The van der Waals surface area contributed by atoms with Crippen LogP contribution in [-0.4, -0.2) is 113 Å². The van der Waals surface area contributed by atoms with E-state index >= 15 is 0 Å². The van der Waals surface area contributed by atoms with Crippen molar-refractivity contribution < 1.29 is 27.5 Å². The summed E-state index contributed by atoms with van der Waals surface area (Å²) in [5.41, 5.74) is 4.86. The van der Waals surface area contributed by atoms with Crippen LogP contribution in [0.1, 0.15) is 73.3 Å². The third-order valence-electron chi connectivity index (χ3n) is 9.05. The van der Waals surface area contributed by atoms with Gasteiger partial charge in [0.2, 0.25) is 0 Å². The van der Waals surface area contributed by atoms with Crippen LogP contribution >= 0.6 is 0 Å². The lowest BCUT2D eigenvalue weighted by Gasteiger charge is -2.41. The molecule has 2 aliphatic rings. The fourth-order valence-corrected chi connectivity index (χ4v) is 6.35. The Bertz CT molecular complexity index is 1670. The third-order valence-corrected chi connectivity index (χ3v) is 9.05. The zero-order chi connectivity index (χ0) is 36.2. The minimum Gasteiger partial charge on any atom is -0.397 e. The number of benzene rings is 1. The highest BCUT2D eigenvalue weighted by molar-refractivity contribution is 6.07. The van der Waals surface area contributed by atoms with Crippen molar-refractivity contribution in [2.45, 2.75) is 58.7 Å². The number of carbonyl (C=O) groups is 2. The lowest BCUT2D eigenvalue weighted by molar-refractivity contribution is -0.141. The summed E-state index contributed by atoms with van der Waals surface area (Å²) in [6, 6.07) is 6.40. The number of hydrogen-bond donors (Lipinski definition) is 3. The number of nitrogen functional groups attached to an aromatic ring is 1. The monoisotopic (exact) mass is 700 g/mol. The molecule has 4 N–H and O–H groups in total. The number of anilines is 3. The number of nitrogens with one attached hydrogen (secondary N) is 2. The summed E-state index contributed by atoms with van der Waals surface area (Å²) in [6.45, 7) is 16.7. The lowest BCUT2D eigenvalue weighted by Crippen LogP contribution is -2.51. The molecule has 0 aliphatic carbocycles. The first-order valence-corrected chi connectivity index (χ1v) is 17.0. The Morgan fingerprint density at radius 3 is 2.44 bits per heavy atom. The molecule has 3 aromatic rings. The molecule has 0 unspecified atom stereocenters. The fourth-order valence-electron chi connectivity index (χ4n) is 6.35. The number of hydrogen-bond acceptors (Lipinski definition) is 10. The summed E-state index contributed by atoms with van der Waals surface area (Å²) in [7, 11) is 0. The first-order chi connectivity index (χ1) is 23.7. The number of alkyl halides is 3. The van der Waals surface area contributed by atoms with Gasteiger partial charge >= 0.3 is 6.18 Å². The number of likely N-dealkylation sites (N-methyl/N-ethyl adjacent to an activating group) is 1. The second-order valence-corrected chi connectivity index (χ2v) is 13.8. The van der Waals surface area contributed by atoms with Crippen LogP contribution in [0.4, 0.5) is 30.2 Å². The number of halogens is 3. The van der Waals surface area contributed by atoms with Crippen LogP contribution in [0.3, 0.4) is 0 Å². The van der Waals surface area contributed by atoms with Crippen LogP contribution in [0.15, 0.2) is 30.5 Å². The first kappa shape index (κ1) is 37.0. The van der Waals surface area contributed by atoms with Gasteiger partial charge in [-0.2, -0.15) is 13.2 Å². The number of pyridine rings is 1. The predicted octanol–water partition coefficient (Wildman–Crippen LogP) is 3.80. The van der Waals surface area contributed by atoms with Crippen molar-refractivity contribution in [1.82, 2.24) is 35.1 Å². The number of morpholine rings is 1. The van der Waals surface area contributed by atoms with Gasteiger partial charge in [-0.05, 0) is 50.7 Å². The van der Waals surface area contributed by atoms with E-state index in [9.17, 15) is 22.8 Å². The zero-order valence-electron chi connectivity index (χ0n) is 29.3. The van der Waals surface area contributed by atoms with Crippen LogP contribution in [0.25, 0.3) is 5.69 Å². The van der Waals surface area contributed by atoms with Crippen LogP contribution in [-0.2, 0) is 16.3 Å². The largest absolute Gasteiger partial charge is 0.434 e. The quantitative estimate of drug-likeness (QED) is 0.267. The van der Waals surface area contributed by atoms with Gasteiger partial charge < -0.3 is 26.0 Å². The van der Waals surface area contributed by atoms with Crippen molar-refractivity contribution in [1.29, 1.82) is 0 Å². The molecule has 272 valence electrons. The minimum atomic E-state index is -4.91. The molecular formula is C34H47F3N10O3. The smallest absolute Gasteiger partial charge is 0.397 e. The summed E-state index contributed by atoms with van der Waals surface area (Å²) in [5, 5.41) is 13.8. The predicted molar refractivity (Wildman–Crippen MR) is 185 cm³/mol. The number of ether oxygens (including phenoxy) is 1. The Balaban J connectivity index is 1.41. The Hall–Kier alpha value is -4.28. The van der Waals surface area contributed by atoms with E-state index in [0.29, 0.717) is 44.2 Å². The van der Waals surface area contributed by atoms with Gasteiger partial charge in [0, 0.05) is 50.7 Å². The zero-order valence-corrected chi connectivity index (χ0v) is 29.3. The highest BCUT2D eigenvalue weighted by Gasteiger charge is 2.39. The van der Waals surface area contributed by atoms with Crippen LogP contribution in [0.5, 0.6) is 0 Å². The molecular weight excluding hydrogens is 653 g/mol. The van der Waals surface area contributed by atoms with Gasteiger partial charge in [0.05, 0.1) is 53.4 Å². The van der Waals surface area contributed by atoms with Gasteiger partial charge in [0.15, 0.2) is 11.4 Å². The van der Waals surface area contributed by atoms with E-state index in [1.165, 1.54) is 10.9 Å². The van der Waals surface area contributed by atoms with Gasteiger partial charge in [-0.15, -0.1) is 5.10 Å². The Labute approximate surface area is 290 Å². The molecule has 1 atom stereocenters. The van der Waals surface area contributed by atoms with Crippen LogP contribution < -0.4 is 21.3 Å². The van der Waals surface area contributed by atoms with E-state index < -0.39 is 28.8 Å². The standard InChI is InChI=1S/C34H47F3N10O3/c1-6-45-12-13-46(20-22(45)2)28-9-8-23(47-21-27(42-43-47)32(49)39-10-7-11-44-14-16-50-17-15-44)18-26(28)40-31(48)24-19-25(38)30(33(3,4)5)41-29(24)34(35,36)37/h8-9,18-19,21-22H,6-7,10-17,20,38H2,1-5H3,(H,39,49)(H,40,48)/t22-/m0/s1. The number of nitrogens with two attached hydrogens (primary N) is 1. The van der Waals surface area contributed by atoms with Crippen molar-refractivity contribution in [2.75, 3.05) is 81.5 Å². The summed E-state index contributed by atoms with van der Waals surface area (Å²) in [5.74, 6) is -1.39. The van der Waals surface area contributed by atoms with Crippen molar-refractivity contribution >= 4 is 28.9 Å². The van der Waals surface area contributed by atoms with E-state index in [4.69, 9.17) is 10.5 Å². The molecule has 2 aromatic heterocycles. The number of carbonyl (C=O) groups excluding carboxylic acids is 2. The molecule has 1 aromatic carbocycles. The van der Waals surface area contributed by atoms with Gasteiger partial charge in [-0.3, -0.25) is 19.4 Å². The topological polar surface area (TPSA) is 147 Å². The molecule has 2 fully saturated rings.